The van der Waals surface area contributed by atoms with Gasteiger partial charge in [-0.3, -0.25) is 4.79 Å². The number of hydrogen-bond acceptors (Lipinski definition) is 5. The van der Waals surface area contributed by atoms with E-state index in [2.05, 4.69) is 41.4 Å². The number of nitrogens with one attached hydrogen (secondary N) is 1. The molecule has 0 aliphatic heterocycles. The first-order valence-corrected chi connectivity index (χ1v) is 8.51. The lowest BCUT2D eigenvalue weighted by molar-refractivity contribution is 0.408. The number of hydrogen-bond donors (Lipinski definition) is 1. The van der Waals surface area contributed by atoms with Crippen LogP contribution >= 0.6 is 11.3 Å². The molecule has 3 aromatic rings. The van der Waals surface area contributed by atoms with Crippen molar-refractivity contribution >= 4 is 16.3 Å². The Balaban J connectivity index is 1.82. The van der Waals surface area contributed by atoms with E-state index in [1.807, 2.05) is 25.1 Å². The Morgan fingerprint density at radius 2 is 2.00 bits per heavy atom. The fraction of sp³-hybridized carbons (Fsp3) is 0.353. The molecule has 0 bridgehead atoms. The van der Waals surface area contributed by atoms with Gasteiger partial charge in [0.1, 0.15) is 5.01 Å². The number of aryl methyl sites for hydroxylation is 1. The van der Waals surface area contributed by atoms with Crippen molar-refractivity contribution in [2.75, 3.05) is 0 Å². The van der Waals surface area contributed by atoms with Gasteiger partial charge in [0.05, 0.1) is 5.69 Å². The molecular weight excluding hydrogens is 308 g/mol. The topological polar surface area (TPSA) is 59.3 Å². The lowest BCUT2D eigenvalue weighted by Crippen LogP contribution is -2.27. The zero-order chi connectivity index (χ0) is 16.4. The average molecular weight is 328 g/mol. The number of rotatable bonds is 5. The van der Waals surface area contributed by atoms with Crippen LogP contribution in [-0.4, -0.2) is 14.6 Å². The molecule has 0 fully saturated rings. The fourth-order valence-electron chi connectivity index (χ4n) is 2.66. The fourth-order valence-corrected chi connectivity index (χ4v) is 3.42. The highest BCUT2D eigenvalue weighted by Gasteiger charge is 2.15. The molecule has 1 aromatic carbocycles. The number of aromatic nitrogens is 3. The normalized spacial score (nSPS) is 12.9. The van der Waals surface area contributed by atoms with Crippen molar-refractivity contribution in [1.82, 2.24) is 19.9 Å². The molecule has 0 radical (unpaired) electrons. The summed E-state index contributed by atoms with van der Waals surface area (Å²) in [4.78, 5) is 17.3. The summed E-state index contributed by atoms with van der Waals surface area (Å²) in [5.41, 5.74) is 1.87. The third-order valence-electron chi connectivity index (χ3n) is 3.73. The Morgan fingerprint density at radius 3 is 2.70 bits per heavy atom. The van der Waals surface area contributed by atoms with Crippen LogP contribution in [0.25, 0.3) is 4.96 Å². The number of fused-ring (bicyclic) bond motifs is 1. The van der Waals surface area contributed by atoms with E-state index < -0.39 is 0 Å². The van der Waals surface area contributed by atoms with Crippen LogP contribution in [0, 0.1) is 12.8 Å². The van der Waals surface area contributed by atoms with Gasteiger partial charge in [0.2, 0.25) is 4.96 Å². The molecule has 23 heavy (non-hydrogen) atoms. The number of nitrogens with zero attached hydrogens (tertiary/aromatic N) is 3. The second-order valence-corrected chi connectivity index (χ2v) is 7.07. The van der Waals surface area contributed by atoms with E-state index in [1.54, 1.807) is 6.07 Å². The zero-order valence-electron chi connectivity index (χ0n) is 13.5. The predicted molar refractivity (Wildman–Crippen MR) is 92.7 cm³/mol. The molecule has 120 valence electrons. The lowest BCUT2D eigenvalue weighted by atomic mass is 9.96. The van der Waals surface area contributed by atoms with Crippen LogP contribution in [0.1, 0.15) is 36.2 Å². The van der Waals surface area contributed by atoms with Crippen molar-refractivity contribution in [1.29, 1.82) is 0 Å². The Labute approximate surface area is 139 Å². The van der Waals surface area contributed by atoms with Gasteiger partial charge >= 0.3 is 0 Å². The van der Waals surface area contributed by atoms with Gasteiger partial charge in [0, 0.05) is 18.7 Å². The monoisotopic (exact) mass is 328 g/mol. The Morgan fingerprint density at radius 1 is 1.26 bits per heavy atom. The van der Waals surface area contributed by atoms with Gasteiger partial charge in [-0.25, -0.2) is 4.98 Å². The lowest BCUT2D eigenvalue weighted by Gasteiger charge is -2.22. The van der Waals surface area contributed by atoms with Crippen molar-refractivity contribution in [2.45, 2.75) is 33.4 Å². The quantitative estimate of drug-likeness (QED) is 0.782. The summed E-state index contributed by atoms with van der Waals surface area (Å²) in [6, 6.07) is 12.1. The smallest absolute Gasteiger partial charge is 0.275 e. The summed E-state index contributed by atoms with van der Waals surface area (Å²) in [5, 5.41) is 8.53. The Hall–Kier alpha value is -2.05. The van der Waals surface area contributed by atoms with E-state index in [1.165, 1.54) is 21.4 Å². The molecule has 1 atom stereocenters. The molecule has 0 aliphatic carbocycles. The molecule has 0 unspecified atom stereocenters. The first kappa shape index (κ1) is 15.8. The van der Waals surface area contributed by atoms with E-state index in [0.717, 1.165) is 10.7 Å². The molecule has 0 aliphatic rings. The van der Waals surface area contributed by atoms with Crippen molar-refractivity contribution in [2.24, 2.45) is 5.92 Å². The third kappa shape index (κ3) is 3.48. The van der Waals surface area contributed by atoms with Gasteiger partial charge in [0.15, 0.2) is 0 Å². The Bertz CT molecular complexity index is 854. The van der Waals surface area contributed by atoms with E-state index >= 15 is 0 Å². The van der Waals surface area contributed by atoms with E-state index in [-0.39, 0.29) is 11.6 Å². The third-order valence-corrected chi connectivity index (χ3v) is 4.55. The summed E-state index contributed by atoms with van der Waals surface area (Å²) in [6.45, 7) is 6.80. The molecule has 5 nitrogen and oxygen atoms in total. The minimum Gasteiger partial charge on any atom is -0.304 e. The Kier molecular flexibility index (Phi) is 4.54. The molecule has 2 aromatic heterocycles. The molecular formula is C17H20N4OS. The summed E-state index contributed by atoms with van der Waals surface area (Å²) < 4.78 is 1.36. The SMILES string of the molecule is Cc1nn2c(=O)cc(CN[C@H](c3ccccc3)C(C)C)nc2s1. The first-order chi connectivity index (χ1) is 11.0. The molecule has 2 heterocycles. The maximum Gasteiger partial charge on any atom is 0.275 e. The highest BCUT2D eigenvalue weighted by atomic mass is 32.1. The summed E-state index contributed by atoms with van der Waals surface area (Å²) in [5.74, 6) is 0.438. The van der Waals surface area contributed by atoms with Crippen LogP contribution in [0.4, 0.5) is 0 Å². The van der Waals surface area contributed by atoms with E-state index in [9.17, 15) is 4.79 Å². The van der Waals surface area contributed by atoms with Gasteiger partial charge in [-0.05, 0) is 18.4 Å². The second kappa shape index (κ2) is 6.60. The largest absolute Gasteiger partial charge is 0.304 e. The van der Waals surface area contributed by atoms with Gasteiger partial charge in [-0.1, -0.05) is 55.5 Å². The van der Waals surface area contributed by atoms with E-state index in [0.29, 0.717) is 17.4 Å². The minimum atomic E-state index is -0.128. The molecule has 0 amide bonds. The van der Waals surface area contributed by atoms with Crippen LogP contribution in [0.15, 0.2) is 41.2 Å². The predicted octanol–water partition coefficient (Wildman–Crippen LogP) is 2.95. The second-order valence-electron chi connectivity index (χ2n) is 5.91. The van der Waals surface area contributed by atoms with Crippen molar-refractivity contribution in [3.8, 4) is 0 Å². The number of benzene rings is 1. The highest BCUT2D eigenvalue weighted by molar-refractivity contribution is 7.16. The molecule has 0 spiro atoms. The summed E-state index contributed by atoms with van der Waals surface area (Å²) in [7, 11) is 0. The van der Waals surface area contributed by atoms with Crippen LogP contribution in [0.5, 0.6) is 0 Å². The van der Waals surface area contributed by atoms with E-state index in [4.69, 9.17) is 0 Å². The standard InChI is InChI=1S/C17H20N4OS/c1-11(2)16(13-7-5-4-6-8-13)18-10-14-9-15(22)21-17(19-14)23-12(3)20-21/h4-9,11,16,18H,10H2,1-3H3/t16-/m0/s1. The first-order valence-electron chi connectivity index (χ1n) is 7.69. The zero-order valence-corrected chi connectivity index (χ0v) is 14.3. The molecule has 1 N–H and O–H groups in total. The van der Waals surface area contributed by atoms with Gasteiger partial charge in [-0.2, -0.15) is 9.61 Å². The van der Waals surface area contributed by atoms with Crippen LogP contribution < -0.4 is 10.9 Å². The maximum atomic E-state index is 12.1. The maximum absolute atomic E-state index is 12.1. The summed E-state index contributed by atoms with van der Waals surface area (Å²) in [6.07, 6.45) is 0. The molecule has 3 rings (SSSR count). The van der Waals surface area contributed by atoms with Crippen molar-refractivity contribution in [3.63, 3.8) is 0 Å². The highest BCUT2D eigenvalue weighted by Crippen LogP contribution is 2.21. The minimum absolute atomic E-state index is 0.128. The van der Waals surface area contributed by atoms with Crippen LogP contribution in [0.2, 0.25) is 0 Å². The van der Waals surface area contributed by atoms with Crippen molar-refractivity contribution < 1.29 is 0 Å². The molecule has 0 saturated heterocycles. The van der Waals surface area contributed by atoms with Gasteiger partial charge in [0.25, 0.3) is 5.56 Å². The van der Waals surface area contributed by atoms with Gasteiger partial charge < -0.3 is 5.32 Å². The molecule has 6 heteroatoms. The van der Waals surface area contributed by atoms with Gasteiger partial charge in [-0.15, -0.1) is 0 Å². The molecule has 0 saturated carbocycles. The van der Waals surface area contributed by atoms with Crippen LogP contribution in [-0.2, 0) is 6.54 Å². The van der Waals surface area contributed by atoms with Crippen LogP contribution in [0.3, 0.4) is 0 Å². The summed E-state index contributed by atoms with van der Waals surface area (Å²) >= 11 is 1.43. The average Bonchev–Trinajstić information content (AvgIpc) is 2.89. The van der Waals surface area contributed by atoms with Crippen molar-refractivity contribution in [3.05, 3.63) is 63.0 Å².